The van der Waals surface area contributed by atoms with Crippen LogP contribution in [0.15, 0.2) is 0 Å². The lowest BCUT2D eigenvalue weighted by atomic mass is 9.99. The molecule has 2 atom stereocenters. The molecule has 4 nitrogen and oxygen atoms in total. The lowest BCUT2D eigenvalue weighted by Crippen LogP contribution is -2.44. The van der Waals surface area contributed by atoms with E-state index in [1.165, 1.54) is 25.7 Å². The molecule has 84 valence electrons. The van der Waals surface area contributed by atoms with Gasteiger partial charge in [0, 0.05) is 6.04 Å². The Morgan fingerprint density at radius 2 is 2.00 bits per heavy atom. The molecule has 1 aliphatic carbocycles. The van der Waals surface area contributed by atoms with Crippen molar-refractivity contribution in [3.63, 3.8) is 0 Å². The van der Waals surface area contributed by atoms with Crippen molar-refractivity contribution in [3.05, 3.63) is 0 Å². The van der Waals surface area contributed by atoms with E-state index in [1.54, 1.807) is 0 Å². The van der Waals surface area contributed by atoms with Gasteiger partial charge < -0.3 is 5.32 Å². The minimum absolute atomic E-state index is 0.156. The lowest BCUT2D eigenvalue weighted by Gasteiger charge is -2.22. The second-order valence-corrected chi connectivity index (χ2v) is 4.67. The highest BCUT2D eigenvalue weighted by Crippen LogP contribution is 2.27. The van der Waals surface area contributed by atoms with E-state index in [0.29, 0.717) is 18.4 Å². The van der Waals surface area contributed by atoms with E-state index in [0.717, 1.165) is 0 Å². The number of hydrogen-bond donors (Lipinski definition) is 2. The Hall–Kier alpha value is -0.900. The average molecular weight is 210 g/mol. The van der Waals surface area contributed by atoms with Gasteiger partial charge in [0.1, 0.15) is 0 Å². The van der Waals surface area contributed by atoms with Crippen LogP contribution in [0.1, 0.15) is 39.0 Å². The molecule has 1 saturated carbocycles. The van der Waals surface area contributed by atoms with Crippen LogP contribution in [0.2, 0.25) is 0 Å². The molecule has 0 aromatic carbocycles. The summed E-state index contributed by atoms with van der Waals surface area (Å²) < 4.78 is 0. The first-order valence-corrected chi connectivity index (χ1v) is 5.76. The maximum Gasteiger partial charge on any atom is 0.244 e. The zero-order valence-electron chi connectivity index (χ0n) is 9.08. The number of amides is 2. The van der Waals surface area contributed by atoms with Gasteiger partial charge in [-0.1, -0.05) is 12.8 Å². The molecule has 1 heterocycles. The molecule has 2 rings (SSSR count). The van der Waals surface area contributed by atoms with E-state index in [9.17, 15) is 9.59 Å². The zero-order valence-corrected chi connectivity index (χ0v) is 9.08. The molecule has 1 aliphatic heterocycles. The quantitative estimate of drug-likeness (QED) is 0.670. The number of imide groups is 1. The van der Waals surface area contributed by atoms with Crippen molar-refractivity contribution < 1.29 is 9.59 Å². The van der Waals surface area contributed by atoms with Gasteiger partial charge >= 0.3 is 0 Å². The van der Waals surface area contributed by atoms with Crippen LogP contribution in [0.3, 0.4) is 0 Å². The molecular formula is C11H18N2O2. The summed E-state index contributed by atoms with van der Waals surface area (Å²) in [5.74, 6) is 0.356. The molecule has 4 heteroatoms. The van der Waals surface area contributed by atoms with Gasteiger partial charge in [-0.05, 0) is 25.7 Å². The molecule has 2 amide bonds. The van der Waals surface area contributed by atoms with Gasteiger partial charge in [0.15, 0.2) is 0 Å². The standard InChI is InChI=1S/C11H18N2O2/c1-7(8-4-2-3-5-8)12-9-6-10(14)13-11(9)15/h7-9,12H,2-6H2,1H3,(H,13,14,15). The normalized spacial score (nSPS) is 29.5. The van der Waals surface area contributed by atoms with Crippen LogP contribution in [0, 0.1) is 5.92 Å². The maximum absolute atomic E-state index is 11.3. The van der Waals surface area contributed by atoms with Crippen LogP contribution < -0.4 is 10.6 Å². The summed E-state index contributed by atoms with van der Waals surface area (Å²) in [6.45, 7) is 2.12. The smallest absolute Gasteiger partial charge is 0.244 e. The Bertz CT molecular complexity index is 272. The third-order valence-corrected chi connectivity index (χ3v) is 3.54. The zero-order chi connectivity index (χ0) is 10.8. The average Bonchev–Trinajstić information content (AvgIpc) is 2.76. The number of nitrogens with one attached hydrogen (secondary N) is 2. The van der Waals surface area contributed by atoms with Gasteiger partial charge in [0.2, 0.25) is 11.8 Å². The third-order valence-electron chi connectivity index (χ3n) is 3.54. The molecule has 2 N–H and O–H groups in total. The summed E-state index contributed by atoms with van der Waals surface area (Å²) >= 11 is 0. The summed E-state index contributed by atoms with van der Waals surface area (Å²) in [5.41, 5.74) is 0. The Labute approximate surface area is 89.8 Å². The summed E-state index contributed by atoms with van der Waals surface area (Å²) in [6, 6.07) is 0.0438. The second-order valence-electron chi connectivity index (χ2n) is 4.67. The van der Waals surface area contributed by atoms with Gasteiger partial charge in [-0.25, -0.2) is 0 Å². The molecule has 1 saturated heterocycles. The molecular weight excluding hydrogens is 192 g/mol. The van der Waals surface area contributed by atoms with E-state index >= 15 is 0 Å². The van der Waals surface area contributed by atoms with Gasteiger partial charge in [-0.2, -0.15) is 0 Å². The van der Waals surface area contributed by atoms with Crippen LogP contribution in [0.5, 0.6) is 0 Å². The van der Waals surface area contributed by atoms with Crippen molar-refractivity contribution in [1.29, 1.82) is 0 Å². The summed E-state index contributed by atoms with van der Waals surface area (Å²) in [7, 11) is 0. The van der Waals surface area contributed by atoms with Crippen molar-refractivity contribution in [1.82, 2.24) is 10.6 Å². The van der Waals surface area contributed by atoms with Crippen molar-refractivity contribution in [2.45, 2.75) is 51.1 Å². The van der Waals surface area contributed by atoms with E-state index in [2.05, 4.69) is 17.6 Å². The predicted molar refractivity (Wildman–Crippen MR) is 56.1 cm³/mol. The van der Waals surface area contributed by atoms with Gasteiger partial charge in [-0.3, -0.25) is 14.9 Å². The van der Waals surface area contributed by atoms with Gasteiger partial charge in [0.25, 0.3) is 0 Å². The first-order chi connectivity index (χ1) is 7.16. The van der Waals surface area contributed by atoms with Crippen LogP contribution in [0.25, 0.3) is 0 Å². The monoisotopic (exact) mass is 210 g/mol. The van der Waals surface area contributed by atoms with Crippen molar-refractivity contribution in [2.24, 2.45) is 5.92 Å². The van der Waals surface area contributed by atoms with E-state index in [-0.39, 0.29) is 17.9 Å². The topological polar surface area (TPSA) is 58.2 Å². The van der Waals surface area contributed by atoms with Crippen LogP contribution >= 0.6 is 0 Å². The fraction of sp³-hybridized carbons (Fsp3) is 0.818. The predicted octanol–water partition coefficient (Wildman–Crippen LogP) is 0.570. The summed E-state index contributed by atoms with van der Waals surface area (Å²) in [4.78, 5) is 22.3. The van der Waals surface area contributed by atoms with Crippen molar-refractivity contribution in [3.8, 4) is 0 Å². The van der Waals surface area contributed by atoms with E-state index in [4.69, 9.17) is 0 Å². The third kappa shape index (κ3) is 2.37. The largest absolute Gasteiger partial charge is 0.303 e. The maximum atomic E-state index is 11.3. The Morgan fingerprint density at radius 1 is 1.33 bits per heavy atom. The van der Waals surface area contributed by atoms with E-state index < -0.39 is 0 Å². The number of hydrogen-bond acceptors (Lipinski definition) is 3. The molecule has 0 bridgehead atoms. The van der Waals surface area contributed by atoms with E-state index in [1.807, 2.05) is 0 Å². The lowest BCUT2D eigenvalue weighted by molar-refractivity contribution is -0.125. The summed E-state index contributed by atoms with van der Waals surface area (Å²) in [6.07, 6.45) is 5.39. The number of carbonyl (C=O) groups is 2. The van der Waals surface area contributed by atoms with Crippen molar-refractivity contribution >= 4 is 11.8 Å². The first kappa shape index (κ1) is 10.6. The minimum atomic E-state index is -0.298. The Kier molecular flexibility index (Phi) is 3.05. The highest BCUT2D eigenvalue weighted by Gasteiger charge is 2.33. The van der Waals surface area contributed by atoms with Crippen LogP contribution in [-0.2, 0) is 9.59 Å². The molecule has 2 aliphatic rings. The molecule has 15 heavy (non-hydrogen) atoms. The molecule has 2 unspecified atom stereocenters. The Balaban J connectivity index is 1.85. The Morgan fingerprint density at radius 3 is 2.53 bits per heavy atom. The van der Waals surface area contributed by atoms with Crippen LogP contribution in [-0.4, -0.2) is 23.9 Å². The first-order valence-electron chi connectivity index (χ1n) is 5.76. The molecule has 0 aromatic heterocycles. The summed E-state index contributed by atoms with van der Waals surface area (Å²) in [5, 5.41) is 5.59. The second kappa shape index (κ2) is 4.31. The molecule has 2 fully saturated rings. The highest BCUT2D eigenvalue weighted by molar-refractivity contribution is 6.05. The minimum Gasteiger partial charge on any atom is -0.303 e. The van der Waals surface area contributed by atoms with Crippen molar-refractivity contribution in [2.75, 3.05) is 0 Å². The van der Waals surface area contributed by atoms with Crippen LogP contribution in [0.4, 0.5) is 0 Å². The number of rotatable bonds is 3. The highest BCUT2D eigenvalue weighted by atomic mass is 16.2. The fourth-order valence-corrected chi connectivity index (χ4v) is 2.60. The molecule has 0 spiro atoms. The number of carbonyl (C=O) groups excluding carboxylic acids is 2. The molecule has 0 radical (unpaired) electrons. The van der Waals surface area contributed by atoms with Gasteiger partial charge in [-0.15, -0.1) is 0 Å². The SMILES string of the molecule is CC(NC1CC(=O)NC1=O)C1CCCC1. The fourth-order valence-electron chi connectivity index (χ4n) is 2.60. The van der Waals surface area contributed by atoms with Gasteiger partial charge in [0.05, 0.1) is 12.5 Å². The molecule has 0 aromatic rings.